The monoisotopic (exact) mass is 435 g/mol. The molecule has 32 heavy (non-hydrogen) atoms. The van der Waals surface area contributed by atoms with Gasteiger partial charge in [-0.3, -0.25) is 9.59 Å². The lowest BCUT2D eigenvalue weighted by molar-refractivity contribution is -0.117. The highest BCUT2D eigenvalue weighted by Crippen LogP contribution is 2.17. The van der Waals surface area contributed by atoms with E-state index in [1.165, 1.54) is 4.68 Å². The van der Waals surface area contributed by atoms with E-state index in [-0.39, 0.29) is 24.1 Å². The van der Waals surface area contributed by atoms with Crippen LogP contribution in [0.15, 0.2) is 48.5 Å². The fourth-order valence-electron chi connectivity index (χ4n) is 3.09. The zero-order valence-electron chi connectivity index (χ0n) is 18.2. The van der Waals surface area contributed by atoms with Crippen LogP contribution in [0.2, 0.25) is 0 Å². The third kappa shape index (κ3) is 5.37. The molecule has 2 amide bonds. The summed E-state index contributed by atoms with van der Waals surface area (Å²) in [6, 6.07) is 13.9. The van der Waals surface area contributed by atoms with Gasteiger partial charge in [-0.2, -0.15) is 0 Å². The molecular formula is C23H25N5O4. The molecule has 1 heterocycles. The summed E-state index contributed by atoms with van der Waals surface area (Å²) in [7, 11) is 0. The van der Waals surface area contributed by atoms with Gasteiger partial charge in [0.05, 0.1) is 17.9 Å². The molecule has 0 spiro atoms. The summed E-state index contributed by atoms with van der Waals surface area (Å²) < 4.78 is 6.30. The second kappa shape index (κ2) is 10.3. The lowest BCUT2D eigenvalue weighted by Gasteiger charge is -2.09. The molecule has 0 saturated carbocycles. The number of nitrogens with one attached hydrogen (secondary N) is 2. The van der Waals surface area contributed by atoms with Gasteiger partial charge in [0.15, 0.2) is 5.69 Å². The number of hydrogen-bond donors (Lipinski definition) is 2. The molecule has 166 valence electrons. The van der Waals surface area contributed by atoms with Crippen LogP contribution in [0, 0.1) is 6.92 Å². The van der Waals surface area contributed by atoms with E-state index >= 15 is 0 Å². The van der Waals surface area contributed by atoms with Crippen LogP contribution < -0.4 is 10.6 Å². The van der Waals surface area contributed by atoms with E-state index < -0.39 is 5.97 Å². The maximum Gasteiger partial charge on any atom is 0.338 e. The van der Waals surface area contributed by atoms with E-state index in [1.54, 1.807) is 38.1 Å². The summed E-state index contributed by atoms with van der Waals surface area (Å²) in [6.45, 7) is 5.60. The van der Waals surface area contributed by atoms with E-state index in [9.17, 15) is 14.4 Å². The van der Waals surface area contributed by atoms with Crippen LogP contribution in [0.1, 0.15) is 46.0 Å². The molecule has 9 nitrogen and oxygen atoms in total. The minimum absolute atomic E-state index is 0.114. The van der Waals surface area contributed by atoms with Crippen LogP contribution in [-0.2, 0) is 22.5 Å². The number of amides is 2. The zero-order chi connectivity index (χ0) is 23.1. The molecular weight excluding hydrogens is 410 g/mol. The second-order valence-electron chi connectivity index (χ2n) is 6.99. The van der Waals surface area contributed by atoms with Gasteiger partial charge in [0.2, 0.25) is 5.91 Å². The Morgan fingerprint density at radius 1 is 1.00 bits per heavy atom. The number of anilines is 2. The average molecular weight is 435 g/mol. The van der Waals surface area contributed by atoms with Gasteiger partial charge >= 0.3 is 5.97 Å². The van der Waals surface area contributed by atoms with E-state index in [0.717, 1.165) is 17.7 Å². The predicted molar refractivity (Wildman–Crippen MR) is 120 cm³/mol. The van der Waals surface area contributed by atoms with Gasteiger partial charge in [0.1, 0.15) is 6.54 Å². The van der Waals surface area contributed by atoms with Crippen molar-refractivity contribution in [3.63, 3.8) is 0 Å². The summed E-state index contributed by atoms with van der Waals surface area (Å²) in [4.78, 5) is 36.8. The maximum atomic E-state index is 12.7. The fourth-order valence-corrected chi connectivity index (χ4v) is 3.09. The number of aryl methyl sites for hydroxylation is 1. The first-order valence-corrected chi connectivity index (χ1v) is 10.3. The Morgan fingerprint density at radius 2 is 1.72 bits per heavy atom. The number of carbonyl (C=O) groups is 3. The Balaban J connectivity index is 1.63. The normalized spacial score (nSPS) is 10.5. The van der Waals surface area contributed by atoms with Crippen molar-refractivity contribution in [1.82, 2.24) is 15.0 Å². The van der Waals surface area contributed by atoms with Crippen molar-refractivity contribution < 1.29 is 19.1 Å². The number of ether oxygens (including phenoxy) is 1. The lowest BCUT2D eigenvalue weighted by Crippen LogP contribution is -2.21. The third-order valence-electron chi connectivity index (χ3n) is 4.82. The summed E-state index contributed by atoms with van der Waals surface area (Å²) >= 11 is 0. The van der Waals surface area contributed by atoms with Gasteiger partial charge in [0, 0.05) is 11.4 Å². The molecule has 0 radical (unpaired) electrons. The molecule has 0 atom stereocenters. The molecule has 3 rings (SSSR count). The topological polar surface area (TPSA) is 115 Å². The molecule has 1 aromatic heterocycles. The number of benzene rings is 2. The van der Waals surface area contributed by atoms with Crippen LogP contribution in [0.4, 0.5) is 11.4 Å². The van der Waals surface area contributed by atoms with Gasteiger partial charge in [-0.1, -0.05) is 30.3 Å². The number of hydrogen-bond acceptors (Lipinski definition) is 6. The fraction of sp³-hybridized carbons (Fsp3) is 0.261. The first-order chi connectivity index (χ1) is 15.4. The van der Waals surface area contributed by atoms with Gasteiger partial charge < -0.3 is 15.4 Å². The smallest absolute Gasteiger partial charge is 0.338 e. The summed E-state index contributed by atoms with van der Waals surface area (Å²) in [5, 5.41) is 13.5. The molecule has 0 fully saturated rings. The Kier molecular flexibility index (Phi) is 7.33. The summed E-state index contributed by atoms with van der Waals surface area (Å²) in [5.74, 6) is -1.15. The molecule has 9 heteroatoms. The number of nitrogens with zero attached hydrogens (tertiary/aromatic N) is 3. The standard InChI is InChI=1S/C23H25N5O4/c1-4-16-8-6-7-9-19(16)25-22(30)21-15(3)28(27-26-21)14-20(29)24-18-12-10-17(11-13-18)23(31)32-5-2/h6-13H,4-5,14H2,1-3H3,(H,24,29)(H,25,30). The number of esters is 1. The molecule has 0 unspecified atom stereocenters. The summed E-state index contributed by atoms with van der Waals surface area (Å²) in [5.41, 5.74) is 3.29. The molecule has 2 N–H and O–H groups in total. The van der Waals surface area contributed by atoms with Crippen molar-refractivity contribution in [1.29, 1.82) is 0 Å². The number of aromatic nitrogens is 3. The molecule has 0 aliphatic carbocycles. The average Bonchev–Trinajstić information content (AvgIpc) is 3.14. The van der Waals surface area contributed by atoms with Crippen LogP contribution in [0.5, 0.6) is 0 Å². The van der Waals surface area contributed by atoms with E-state index in [4.69, 9.17) is 4.74 Å². The van der Waals surface area contributed by atoms with E-state index in [0.29, 0.717) is 23.6 Å². The first kappa shape index (κ1) is 22.7. The summed E-state index contributed by atoms with van der Waals surface area (Å²) in [6.07, 6.45) is 0.781. The molecule has 3 aromatic rings. The van der Waals surface area contributed by atoms with Crippen molar-refractivity contribution >= 4 is 29.2 Å². The van der Waals surface area contributed by atoms with Crippen molar-refractivity contribution in [3.05, 3.63) is 71.0 Å². The van der Waals surface area contributed by atoms with E-state index in [1.807, 2.05) is 31.2 Å². The molecule has 0 aliphatic rings. The van der Waals surface area contributed by atoms with Gasteiger partial charge in [-0.25, -0.2) is 9.48 Å². The van der Waals surface area contributed by atoms with Crippen molar-refractivity contribution in [2.75, 3.05) is 17.2 Å². The highest BCUT2D eigenvalue weighted by atomic mass is 16.5. The first-order valence-electron chi connectivity index (χ1n) is 10.3. The van der Waals surface area contributed by atoms with Gasteiger partial charge in [-0.05, 0) is 56.2 Å². The van der Waals surface area contributed by atoms with Gasteiger partial charge in [-0.15, -0.1) is 5.10 Å². The number of para-hydroxylation sites is 1. The van der Waals surface area contributed by atoms with Crippen molar-refractivity contribution in [3.8, 4) is 0 Å². The van der Waals surface area contributed by atoms with Gasteiger partial charge in [0.25, 0.3) is 5.91 Å². The molecule has 0 aliphatic heterocycles. The van der Waals surface area contributed by atoms with Crippen LogP contribution >= 0.6 is 0 Å². The Bertz CT molecular complexity index is 1120. The largest absolute Gasteiger partial charge is 0.462 e. The van der Waals surface area contributed by atoms with Crippen molar-refractivity contribution in [2.45, 2.75) is 33.7 Å². The highest BCUT2D eigenvalue weighted by Gasteiger charge is 2.19. The van der Waals surface area contributed by atoms with Crippen molar-refractivity contribution in [2.24, 2.45) is 0 Å². The third-order valence-corrected chi connectivity index (χ3v) is 4.82. The SMILES string of the molecule is CCOC(=O)c1ccc(NC(=O)Cn2nnc(C(=O)Nc3ccccc3CC)c2C)cc1. The van der Waals surface area contributed by atoms with E-state index in [2.05, 4.69) is 20.9 Å². The highest BCUT2D eigenvalue weighted by molar-refractivity contribution is 6.04. The van der Waals surface area contributed by atoms with Crippen LogP contribution in [0.25, 0.3) is 0 Å². The minimum Gasteiger partial charge on any atom is -0.462 e. The second-order valence-corrected chi connectivity index (χ2v) is 6.99. The lowest BCUT2D eigenvalue weighted by atomic mass is 10.1. The minimum atomic E-state index is -0.420. The molecule has 0 saturated heterocycles. The number of carbonyl (C=O) groups excluding carboxylic acids is 3. The Labute approximate surface area is 185 Å². The predicted octanol–water partition coefficient (Wildman–Crippen LogP) is 3.22. The van der Waals surface area contributed by atoms with Crippen LogP contribution in [-0.4, -0.2) is 39.4 Å². The molecule has 2 aromatic carbocycles. The number of rotatable bonds is 8. The Morgan fingerprint density at radius 3 is 2.41 bits per heavy atom. The maximum absolute atomic E-state index is 12.7. The zero-order valence-corrected chi connectivity index (χ0v) is 18.2. The Hall–Kier alpha value is -4.01. The quantitative estimate of drug-likeness (QED) is 0.525. The molecule has 0 bridgehead atoms. The van der Waals surface area contributed by atoms with Crippen LogP contribution in [0.3, 0.4) is 0 Å².